The van der Waals surface area contributed by atoms with Crippen molar-refractivity contribution in [2.24, 2.45) is 0 Å². The van der Waals surface area contributed by atoms with E-state index in [0.29, 0.717) is 0 Å². The number of hydrogen-bond donors (Lipinski definition) is 2. The van der Waals surface area contributed by atoms with Gasteiger partial charge in [-0.2, -0.15) is 0 Å². The molecule has 1 aromatic heterocycles. The number of nitrogens with zero attached hydrogens (tertiary/aromatic N) is 1. The molecule has 0 aromatic carbocycles. The number of hydrogen-bond acceptors (Lipinski definition) is 3. The Bertz CT molecular complexity index is 248. The van der Waals surface area contributed by atoms with Crippen LogP contribution in [0.2, 0.25) is 0 Å². The van der Waals surface area contributed by atoms with Crippen LogP contribution in [0, 0.1) is 0 Å². The van der Waals surface area contributed by atoms with Crippen molar-refractivity contribution in [1.82, 2.24) is 4.98 Å². The van der Waals surface area contributed by atoms with Gasteiger partial charge in [-0.3, -0.25) is 0 Å². The first-order valence-corrected chi connectivity index (χ1v) is 5.01. The number of aliphatic hydroxyl groups excluding tert-OH is 1. The molecule has 0 aliphatic heterocycles. The summed E-state index contributed by atoms with van der Waals surface area (Å²) in [5.74, 6) is 0.837. The molecule has 72 valence electrons. The third-order valence-electron chi connectivity index (χ3n) is 1.60. The van der Waals surface area contributed by atoms with E-state index in [2.05, 4.69) is 26.2 Å². The minimum atomic E-state index is -0.261. The minimum Gasteiger partial charge on any atom is -0.393 e. The minimum absolute atomic E-state index is 0.261. The molecular weight excluding hydrogens is 232 g/mol. The lowest BCUT2D eigenvalue weighted by Crippen LogP contribution is -2.10. The highest BCUT2D eigenvalue weighted by molar-refractivity contribution is 9.10. The Kier molecular flexibility index (Phi) is 4.18. The summed E-state index contributed by atoms with van der Waals surface area (Å²) in [4.78, 5) is 4.14. The van der Waals surface area contributed by atoms with E-state index < -0.39 is 0 Å². The van der Waals surface area contributed by atoms with Crippen molar-refractivity contribution < 1.29 is 5.11 Å². The van der Waals surface area contributed by atoms with Gasteiger partial charge in [-0.1, -0.05) is 0 Å². The molecule has 0 aliphatic rings. The molecule has 0 bridgehead atoms. The van der Waals surface area contributed by atoms with Gasteiger partial charge in [0.1, 0.15) is 5.82 Å². The molecule has 4 heteroatoms. The highest BCUT2D eigenvalue weighted by atomic mass is 79.9. The summed E-state index contributed by atoms with van der Waals surface area (Å²) >= 11 is 3.31. The van der Waals surface area contributed by atoms with Gasteiger partial charge in [-0.25, -0.2) is 4.98 Å². The second kappa shape index (κ2) is 5.19. The highest BCUT2D eigenvalue weighted by Gasteiger charge is 1.96. The van der Waals surface area contributed by atoms with Gasteiger partial charge < -0.3 is 10.4 Å². The monoisotopic (exact) mass is 244 g/mol. The van der Waals surface area contributed by atoms with Gasteiger partial charge in [0.2, 0.25) is 0 Å². The fourth-order valence-electron chi connectivity index (χ4n) is 0.890. The number of aliphatic hydroxyl groups is 1. The molecule has 0 saturated carbocycles. The van der Waals surface area contributed by atoms with Crippen LogP contribution < -0.4 is 5.32 Å². The summed E-state index contributed by atoms with van der Waals surface area (Å²) in [5, 5.41) is 12.1. The van der Waals surface area contributed by atoms with Crippen LogP contribution in [0.25, 0.3) is 0 Å². The maximum Gasteiger partial charge on any atom is 0.125 e. The van der Waals surface area contributed by atoms with Crippen molar-refractivity contribution >= 4 is 21.7 Å². The maximum atomic E-state index is 9.01. The third-order valence-corrected chi connectivity index (χ3v) is 2.06. The largest absolute Gasteiger partial charge is 0.393 e. The molecule has 1 aromatic rings. The molecule has 0 amide bonds. The number of nitrogens with one attached hydrogen (secondary N) is 1. The van der Waals surface area contributed by atoms with E-state index in [1.165, 1.54) is 0 Å². The van der Waals surface area contributed by atoms with Crippen molar-refractivity contribution in [3.8, 4) is 0 Å². The lowest BCUT2D eigenvalue weighted by atomic mass is 10.3. The Labute approximate surface area is 86.3 Å². The van der Waals surface area contributed by atoms with Gasteiger partial charge in [0.25, 0.3) is 0 Å². The van der Waals surface area contributed by atoms with Gasteiger partial charge in [0, 0.05) is 17.2 Å². The summed E-state index contributed by atoms with van der Waals surface area (Å²) in [7, 11) is 0. The highest BCUT2D eigenvalue weighted by Crippen LogP contribution is 2.10. The molecule has 1 rings (SSSR count). The van der Waals surface area contributed by atoms with Crippen molar-refractivity contribution in [2.45, 2.75) is 19.4 Å². The fourth-order valence-corrected chi connectivity index (χ4v) is 1.12. The SMILES string of the molecule is C[C@@H](O)CCNc1ccc(Br)cn1. The van der Waals surface area contributed by atoms with Crippen LogP contribution in [0.15, 0.2) is 22.8 Å². The van der Waals surface area contributed by atoms with E-state index in [1.54, 1.807) is 13.1 Å². The van der Waals surface area contributed by atoms with Gasteiger partial charge in [-0.15, -0.1) is 0 Å². The Morgan fingerprint density at radius 2 is 2.38 bits per heavy atom. The van der Waals surface area contributed by atoms with Crippen molar-refractivity contribution in [3.05, 3.63) is 22.8 Å². The first-order chi connectivity index (χ1) is 6.18. The number of anilines is 1. The molecule has 1 heterocycles. The van der Waals surface area contributed by atoms with Gasteiger partial charge in [0.05, 0.1) is 6.10 Å². The first kappa shape index (κ1) is 10.5. The number of halogens is 1. The van der Waals surface area contributed by atoms with Crippen LogP contribution in [-0.4, -0.2) is 22.7 Å². The van der Waals surface area contributed by atoms with E-state index in [-0.39, 0.29) is 6.10 Å². The Hall–Kier alpha value is -0.610. The smallest absolute Gasteiger partial charge is 0.125 e. The van der Waals surface area contributed by atoms with Crippen LogP contribution in [0.4, 0.5) is 5.82 Å². The average Bonchev–Trinajstić information content (AvgIpc) is 2.08. The molecule has 2 N–H and O–H groups in total. The zero-order valence-electron chi connectivity index (χ0n) is 7.50. The molecule has 0 fully saturated rings. The molecule has 13 heavy (non-hydrogen) atoms. The third kappa shape index (κ3) is 4.24. The quantitative estimate of drug-likeness (QED) is 0.853. The molecule has 0 unspecified atom stereocenters. The van der Waals surface area contributed by atoms with Crippen molar-refractivity contribution in [2.75, 3.05) is 11.9 Å². The van der Waals surface area contributed by atoms with E-state index in [4.69, 9.17) is 5.11 Å². The van der Waals surface area contributed by atoms with Gasteiger partial charge >= 0.3 is 0 Å². The second-order valence-corrected chi connectivity index (χ2v) is 3.84. The number of rotatable bonds is 4. The zero-order valence-corrected chi connectivity index (χ0v) is 9.08. The van der Waals surface area contributed by atoms with Crippen LogP contribution in [-0.2, 0) is 0 Å². The summed E-state index contributed by atoms with van der Waals surface area (Å²) in [6.07, 6.45) is 2.21. The molecule has 0 radical (unpaired) electrons. The lowest BCUT2D eigenvalue weighted by molar-refractivity contribution is 0.188. The van der Waals surface area contributed by atoms with Crippen LogP contribution in [0.1, 0.15) is 13.3 Å². The van der Waals surface area contributed by atoms with E-state index in [9.17, 15) is 0 Å². The zero-order chi connectivity index (χ0) is 9.68. The Morgan fingerprint density at radius 1 is 1.62 bits per heavy atom. The lowest BCUT2D eigenvalue weighted by Gasteiger charge is -2.06. The van der Waals surface area contributed by atoms with E-state index >= 15 is 0 Å². The summed E-state index contributed by atoms with van der Waals surface area (Å²) in [5.41, 5.74) is 0. The summed E-state index contributed by atoms with van der Waals surface area (Å²) in [6, 6.07) is 3.82. The van der Waals surface area contributed by atoms with Crippen LogP contribution in [0.5, 0.6) is 0 Å². The van der Waals surface area contributed by atoms with Crippen LogP contribution in [0.3, 0.4) is 0 Å². The van der Waals surface area contributed by atoms with E-state index in [1.807, 2.05) is 12.1 Å². The normalized spacial score (nSPS) is 12.5. The topological polar surface area (TPSA) is 45.1 Å². The standard InChI is InChI=1S/C9H13BrN2O/c1-7(13)4-5-11-9-3-2-8(10)6-12-9/h2-3,6-7,13H,4-5H2,1H3,(H,11,12)/t7-/m1/s1. The molecular formula is C9H13BrN2O. The predicted octanol–water partition coefficient (Wildman–Crippen LogP) is 2.03. The Balaban J connectivity index is 2.33. The molecule has 1 atom stereocenters. The molecule has 0 aliphatic carbocycles. The molecule has 0 saturated heterocycles. The second-order valence-electron chi connectivity index (χ2n) is 2.93. The van der Waals surface area contributed by atoms with Crippen molar-refractivity contribution in [3.63, 3.8) is 0 Å². The number of pyridine rings is 1. The molecule has 3 nitrogen and oxygen atoms in total. The summed E-state index contributed by atoms with van der Waals surface area (Å²) < 4.78 is 0.966. The van der Waals surface area contributed by atoms with Crippen molar-refractivity contribution in [1.29, 1.82) is 0 Å². The predicted molar refractivity (Wildman–Crippen MR) is 56.7 cm³/mol. The van der Waals surface area contributed by atoms with Crippen LogP contribution >= 0.6 is 15.9 Å². The van der Waals surface area contributed by atoms with Gasteiger partial charge in [-0.05, 0) is 41.4 Å². The maximum absolute atomic E-state index is 9.01. The first-order valence-electron chi connectivity index (χ1n) is 4.22. The average molecular weight is 245 g/mol. The Morgan fingerprint density at radius 3 is 2.92 bits per heavy atom. The van der Waals surface area contributed by atoms with Gasteiger partial charge in [0.15, 0.2) is 0 Å². The molecule has 0 spiro atoms. The summed E-state index contributed by atoms with van der Waals surface area (Å²) in [6.45, 7) is 2.52. The number of aromatic nitrogens is 1. The fraction of sp³-hybridized carbons (Fsp3) is 0.444. The van der Waals surface area contributed by atoms with E-state index in [0.717, 1.165) is 23.3 Å².